The standard InChI is InChI=1S/C15H14N2O3S/c1-20-15-8-6-14(7-9-15)17-21(18,19)11-13-5-3-2-4-12(13)10-16/h2-9,17H,11H2,1H3. The summed E-state index contributed by atoms with van der Waals surface area (Å²) in [5, 5.41) is 8.98. The first-order chi connectivity index (χ1) is 10.0. The van der Waals surface area contributed by atoms with Gasteiger partial charge in [-0.15, -0.1) is 0 Å². The summed E-state index contributed by atoms with van der Waals surface area (Å²) in [7, 11) is -2.04. The Labute approximate surface area is 123 Å². The van der Waals surface area contributed by atoms with Crippen LogP contribution in [-0.2, 0) is 15.8 Å². The lowest BCUT2D eigenvalue weighted by molar-refractivity contribution is 0.415. The van der Waals surface area contributed by atoms with Gasteiger partial charge in [0, 0.05) is 5.69 Å². The van der Waals surface area contributed by atoms with E-state index in [2.05, 4.69) is 4.72 Å². The zero-order valence-corrected chi connectivity index (χ0v) is 12.2. The first-order valence-electron chi connectivity index (χ1n) is 6.16. The smallest absolute Gasteiger partial charge is 0.236 e. The van der Waals surface area contributed by atoms with Gasteiger partial charge in [0.2, 0.25) is 10.0 Å². The molecule has 0 aliphatic carbocycles. The zero-order valence-electron chi connectivity index (χ0n) is 11.4. The summed E-state index contributed by atoms with van der Waals surface area (Å²) in [6.45, 7) is 0. The molecule has 1 N–H and O–H groups in total. The Hall–Kier alpha value is -2.52. The van der Waals surface area contributed by atoms with Gasteiger partial charge in [0.05, 0.1) is 24.5 Å². The van der Waals surface area contributed by atoms with Crippen molar-refractivity contribution in [2.45, 2.75) is 5.75 Å². The maximum absolute atomic E-state index is 12.1. The van der Waals surface area contributed by atoms with Crippen LogP contribution in [0.15, 0.2) is 48.5 Å². The van der Waals surface area contributed by atoms with Gasteiger partial charge >= 0.3 is 0 Å². The van der Waals surface area contributed by atoms with Gasteiger partial charge in [0.15, 0.2) is 0 Å². The van der Waals surface area contributed by atoms with Crippen molar-refractivity contribution in [3.63, 3.8) is 0 Å². The minimum atomic E-state index is -3.58. The van der Waals surface area contributed by atoms with E-state index < -0.39 is 10.0 Å². The van der Waals surface area contributed by atoms with E-state index in [1.165, 1.54) is 7.11 Å². The quantitative estimate of drug-likeness (QED) is 0.920. The Morgan fingerprint density at radius 3 is 2.43 bits per heavy atom. The van der Waals surface area contributed by atoms with E-state index in [0.29, 0.717) is 22.6 Å². The van der Waals surface area contributed by atoms with E-state index in [-0.39, 0.29) is 5.75 Å². The average Bonchev–Trinajstić information content (AvgIpc) is 2.47. The maximum atomic E-state index is 12.1. The predicted octanol–water partition coefficient (Wildman–Crippen LogP) is 2.51. The van der Waals surface area contributed by atoms with E-state index in [0.717, 1.165) is 0 Å². The molecule has 0 aromatic heterocycles. The molecule has 0 unspecified atom stereocenters. The molecule has 21 heavy (non-hydrogen) atoms. The summed E-state index contributed by atoms with van der Waals surface area (Å²) in [5.41, 5.74) is 1.28. The Morgan fingerprint density at radius 1 is 1.14 bits per heavy atom. The molecule has 0 amide bonds. The topological polar surface area (TPSA) is 79.2 Å². The summed E-state index contributed by atoms with van der Waals surface area (Å²) in [5.74, 6) is 0.399. The molecule has 6 heteroatoms. The highest BCUT2D eigenvalue weighted by Crippen LogP contribution is 2.18. The van der Waals surface area contributed by atoms with Crippen LogP contribution in [0, 0.1) is 11.3 Å². The number of nitriles is 1. The second kappa shape index (κ2) is 6.29. The van der Waals surface area contributed by atoms with Gasteiger partial charge in [-0.05, 0) is 35.9 Å². The number of rotatable bonds is 5. The van der Waals surface area contributed by atoms with E-state index in [4.69, 9.17) is 10.00 Å². The third kappa shape index (κ3) is 3.97. The fourth-order valence-electron chi connectivity index (χ4n) is 1.83. The van der Waals surface area contributed by atoms with E-state index >= 15 is 0 Å². The van der Waals surface area contributed by atoms with Gasteiger partial charge in [-0.1, -0.05) is 18.2 Å². The summed E-state index contributed by atoms with van der Waals surface area (Å²) in [6, 6.07) is 15.2. The van der Waals surface area contributed by atoms with Crippen molar-refractivity contribution in [2.75, 3.05) is 11.8 Å². The largest absolute Gasteiger partial charge is 0.497 e. The Bertz CT molecular complexity index is 762. The molecular weight excluding hydrogens is 288 g/mol. The zero-order chi connectivity index (χ0) is 15.3. The number of ether oxygens (including phenoxy) is 1. The van der Waals surface area contributed by atoms with E-state index in [1.54, 1.807) is 48.5 Å². The molecule has 0 heterocycles. The molecule has 0 aliphatic rings. The minimum Gasteiger partial charge on any atom is -0.497 e. The number of hydrogen-bond acceptors (Lipinski definition) is 4. The summed E-state index contributed by atoms with van der Waals surface area (Å²) in [6.07, 6.45) is 0. The number of methoxy groups -OCH3 is 1. The molecule has 0 bridgehead atoms. The fraction of sp³-hybridized carbons (Fsp3) is 0.133. The second-order valence-corrected chi connectivity index (χ2v) is 6.08. The van der Waals surface area contributed by atoms with Crippen molar-refractivity contribution in [2.24, 2.45) is 0 Å². The van der Waals surface area contributed by atoms with E-state index in [9.17, 15) is 8.42 Å². The van der Waals surface area contributed by atoms with Crippen LogP contribution in [0.5, 0.6) is 5.75 Å². The normalized spacial score (nSPS) is 10.7. The molecule has 2 aromatic carbocycles. The number of sulfonamides is 1. The molecule has 0 atom stereocenters. The number of nitrogens with zero attached hydrogens (tertiary/aromatic N) is 1. The molecular formula is C15H14N2O3S. The van der Waals surface area contributed by atoms with Crippen LogP contribution in [-0.4, -0.2) is 15.5 Å². The average molecular weight is 302 g/mol. The monoisotopic (exact) mass is 302 g/mol. The van der Waals surface area contributed by atoms with Crippen molar-refractivity contribution in [1.82, 2.24) is 0 Å². The highest BCUT2D eigenvalue weighted by atomic mass is 32.2. The summed E-state index contributed by atoms with van der Waals surface area (Å²) >= 11 is 0. The third-order valence-corrected chi connectivity index (χ3v) is 4.08. The van der Waals surface area contributed by atoms with Crippen LogP contribution < -0.4 is 9.46 Å². The van der Waals surface area contributed by atoms with E-state index in [1.807, 2.05) is 6.07 Å². The fourth-order valence-corrected chi connectivity index (χ4v) is 3.06. The Balaban J connectivity index is 2.17. The first kappa shape index (κ1) is 14.9. The van der Waals surface area contributed by atoms with Crippen LogP contribution in [0.3, 0.4) is 0 Å². The van der Waals surface area contributed by atoms with Gasteiger partial charge < -0.3 is 4.74 Å². The number of nitrogens with one attached hydrogen (secondary N) is 1. The molecule has 5 nitrogen and oxygen atoms in total. The molecule has 0 radical (unpaired) electrons. The molecule has 0 saturated heterocycles. The number of hydrogen-bond donors (Lipinski definition) is 1. The highest BCUT2D eigenvalue weighted by molar-refractivity contribution is 7.91. The van der Waals surface area contributed by atoms with Crippen LogP contribution >= 0.6 is 0 Å². The molecule has 0 aliphatic heterocycles. The van der Waals surface area contributed by atoms with Gasteiger partial charge in [0.1, 0.15) is 5.75 Å². The predicted molar refractivity (Wildman–Crippen MR) is 80.4 cm³/mol. The molecule has 2 rings (SSSR count). The first-order valence-corrected chi connectivity index (χ1v) is 7.82. The number of anilines is 1. The van der Waals surface area contributed by atoms with Gasteiger partial charge in [0.25, 0.3) is 0 Å². The van der Waals surface area contributed by atoms with Crippen LogP contribution in [0.2, 0.25) is 0 Å². The van der Waals surface area contributed by atoms with Crippen molar-refractivity contribution < 1.29 is 13.2 Å². The molecule has 0 saturated carbocycles. The van der Waals surface area contributed by atoms with Gasteiger partial charge in [-0.3, -0.25) is 4.72 Å². The lowest BCUT2D eigenvalue weighted by Gasteiger charge is -2.09. The SMILES string of the molecule is COc1ccc(NS(=O)(=O)Cc2ccccc2C#N)cc1. The maximum Gasteiger partial charge on any atom is 0.236 e. The summed E-state index contributed by atoms with van der Waals surface area (Å²) in [4.78, 5) is 0. The second-order valence-electron chi connectivity index (χ2n) is 4.36. The molecule has 0 fully saturated rings. The molecule has 0 spiro atoms. The van der Waals surface area contributed by atoms with Crippen molar-refractivity contribution in [3.8, 4) is 11.8 Å². The lowest BCUT2D eigenvalue weighted by Crippen LogP contribution is -2.15. The highest BCUT2D eigenvalue weighted by Gasteiger charge is 2.14. The van der Waals surface area contributed by atoms with Crippen LogP contribution in [0.25, 0.3) is 0 Å². The number of benzene rings is 2. The Morgan fingerprint density at radius 2 is 1.81 bits per heavy atom. The van der Waals surface area contributed by atoms with Crippen LogP contribution in [0.1, 0.15) is 11.1 Å². The van der Waals surface area contributed by atoms with Crippen molar-refractivity contribution in [3.05, 3.63) is 59.7 Å². The van der Waals surface area contributed by atoms with Gasteiger partial charge in [-0.2, -0.15) is 5.26 Å². The third-order valence-electron chi connectivity index (χ3n) is 2.85. The molecule has 108 valence electrons. The summed E-state index contributed by atoms with van der Waals surface area (Å²) < 4.78 is 31.8. The Kier molecular flexibility index (Phi) is 4.45. The van der Waals surface area contributed by atoms with Crippen LogP contribution in [0.4, 0.5) is 5.69 Å². The lowest BCUT2D eigenvalue weighted by atomic mass is 10.1. The minimum absolute atomic E-state index is 0.247. The van der Waals surface area contributed by atoms with Crippen molar-refractivity contribution >= 4 is 15.7 Å². The molecule has 2 aromatic rings. The van der Waals surface area contributed by atoms with Gasteiger partial charge in [-0.25, -0.2) is 8.42 Å². The van der Waals surface area contributed by atoms with Crippen molar-refractivity contribution in [1.29, 1.82) is 5.26 Å².